The molecule has 0 atom stereocenters. The molecular formula is C25H23N3OS. The van der Waals surface area contributed by atoms with Crippen molar-refractivity contribution >= 4 is 22.7 Å². The van der Waals surface area contributed by atoms with Gasteiger partial charge in [0, 0.05) is 10.9 Å². The molecule has 4 nitrogen and oxygen atoms in total. The van der Waals surface area contributed by atoms with Gasteiger partial charge in [-0.1, -0.05) is 66.2 Å². The van der Waals surface area contributed by atoms with Crippen LogP contribution in [0.25, 0.3) is 11.3 Å². The van der Waals surface area contributed by atoms with E-state index >= 15 is 0 Å². The number of rotatable bonds is 7. The third-order valence-electron chi connectivity index (χ3n) is 4.64. The number of ether oxygens (including phenoxy) is 1. The largest absolute Gasteiger partial charge is 0.489 e. The Morgan fingerprint density at radius 3 is 2.70 bits per heavy atom. The summed E-state index contributed by atoms with van der Waals surface area (Å²) in [4.78, 5) is 4.65. The Hall–Kier alpha value is -3.44. The zero-order valence-electron chi connectivity index (χ0n) is 17.0. The molecule has 150 valence electrons. The van der Waals surface area contributed by atoms with Gasteiger partial charge in [0.15, 0.2) is 0 Å². The van der Waals surface area contributed by atoms with Gasteiger partial charge in [-0.05, 0) is 42.7 Å². The Morgan fingerprint density at radius 2 is 1.87 bits per heavy atom. The van der Waals surface area contributed by atoms with E-state index < -0.39 is 0 Å². The maximum absolute atomic E-state index is 5.88. The van der Waals surface area contributed by atoms with Crippen molar-refractivity contribution in [3.05, 3.63) is 100 Å². The molecule has 30 heavy (non-hydrogen) atoms. The molecule has 0 aliphatic carbocycles. The molecule has 3 aromatic carbocycles. The molecule has 0 radical (unpaired) electrons. The second-order valence-corrected chi connectivity index (χ2v) is 7.93. The third-order valence-corrected chi connectivity index (χ3v) is 5.39. The van der Waals surface area contributed by atoms with E-state index in [2.05, 4.69) is 59.7 Å². The first-order valence-corrected chi connectivity index (χ1v) is 10.6. The second kappa shape index (κ2) is 9.37. The van der Waals surface area contributed by atoms with Crippen LogP contribution in [0.15, 0.2) is 83.3 Å². The standard InChI is InChI=1S/C25H23N3OS/c1-18-11-12-23(19(2)13-18)24-17-30-25(27-24)28-26-15-21-9-6-10-22(14-21)29-16-20-7-4-3-5-8-20/h3-15,17H,16H2,1-2H3,(H,27,28)/b26-15-. The number of hydrogen-bond donors (Lipinski definition) is 1. The molecule has 4 rings (SSSR count). The Kier molecular flexibility index (Phi) is 6.20. The Bertz CT molecular complexity index is 1150. The van der Waals surface area contributed by atoms with Gasteiger partial charge < -0.3 is 4.74 Å². The Balaban J connectivity index is 1.37. The average molecular weight is 414 g/mol. The molecule has 0 aliphatic heterocycles. The van der Waals surface area contributed by atoms with Crippen molar-refractivity contribution in [3.63, 3.8) is 0 Å². The molecule has 0 spiro atoms. The Morgan fingerprint density at radius 1 is 1.00 bits per heavy atom. The maximum atomic E-state index is 5.88. The fourth-order valence-corrected chi connectivity index (χ4v) is 3.80. The molecule has 5 heteroatoms. The van der Waals surface area contributed by atoms with Gasteiger partial charge in [-0.25, -0.2) is 4.98 Å². The van der Waals surface area contributed by atoms with Crippen molar-refractivity contribution in [1.82, 2.24) is 4.98 Å². The van der Waals surface area contributed by atoms with Crippen LogP contribution in [0, 0.1) is 13.8 Å². The van der Waals surface area contributed by atoms with Crippen molar-refractivity contribution in [2.45, 2.75) is 20.5 Å². The number of hydrazone groups is 1. The van der Waals surface area contributed by atoms with Gasteiger partial charge in [-0.3, -0.25) is 5.43 Å². The van der Waals surface area contributed by atoms with E-state index in [1.54, 1.807) is 17.6 Å². The van der Waals surface area contributed by atoms with Crippen LogP contribution in [0.2, 0.25) is 0 Å². The van der Waals surface area contributed by atoms with E-state index in [4.69, 9.17) is 4.74 Å². The summed E-state index contributed by atoms with van der Waals surface area (Å²) in [6.07, 6.45) is 1.77. The van der Waals surface area contributed by atoms with Crippen LogP contribution in [0.1, 0.15) is 22.3 Å². The van der Waals surface area contributed by atoms with Gasteiger partial charge in [0.1, 0.15) is 12.4 Å². The van der Waals surface area contributed by atoms with E-state index in [1.807, 2.05) is 47.8 Å². The monoisotopic (exact) mass is 413 g/mol. The quantitative estimate of drug-likeness (QED) is 0.280. The molecular weight excluding hydrogens is 390 g/mol. The maximum Gasteiger partial charge on any atom is 0.203 e. The molecule has 0 bridgehead atoms. The van der Waals surface area contributed by atoms with E-state index in [0.717, 1.165) is 33.3 Å². The summed E-state index contributed by atoms with van der Waals surface area (Å²) in [7, 11) is 0. The number of benzene rings is 3. The zero-order valence-corrected chi connectivity index (χ0v) is 17.8. The van der Waals surface area contributed by atoms with Crippen LogP contribution in [0.5, 0.6) is 5.75 Å². The van der Waals surface area contributed by atoms with Gasteiger partial charge in [0.2, 0.25) is 5.13 Å². The number of nitrogens with zero attached hydrogens (tertiary/aromatic N) is 2. The molecule has 4 aromatic rings. The number of aromatic nitrogens is 1. The first-order valence-electron chi connectivity index (χ1n) is 9.76. The summed E-state index contributed by atoms with van der Waals surface area (Å²) in [6, 6.07) is 24.4. The van der Waals surface area contributed by atoms with E-state index in [0.29, 0.717) is 6.61 Å². The molecule has 1 N–H and O–H groups in total. The first kappa shape index (κ1) is 19.9. The molecule has 0 saturated carbocycles. The van der Waals surface area contributed by atoms with Crippen molar-refractivity contribution in [1.29, 1.82) is 0 Å². The minimum Gasteiger partial charge on any atom is -0.489 e. The van der Waals surface area contributed by atoms with Gasteiger partial charge in [0.05, 0.1) is 11.9 Å². The molecule has 0 unspecified atom stereocenters. The third kappa shape index (κ3) is 5.13. The van der Waals surface area contributed by atoms with E-state index in [-0.39, 0.29) is 0 Å². The fraction of sp³-hybridized carbons (Fsp3) is 0.120. The predicted octanol–water partition coefficient (Wildman–Crippen LogP) is 6.45. The Labute approximate surface area is 180 Å². The van der Waals surface area contributed by atoms with Crippen LogP contribution in [-0.4, -0.2) is 11.2 Å². The van der Waals surface area contributed by atoms with Gasteiger partial charge in [-0.2, -0.15) is 5.10 Å². The highest BCUT2D eigenvalue weighted by Gasteiger charge is 2.07. The SMILES string of the molecule is Cc1ccc(-c2csc(N/N=C\c3cccc(OCc4ccccc4)c3)n2)c(C)c1. The number of thiazole rings is 1. The van der Waals surface area contributed by atoms with Crippen molar-refractivity contribution in [3.8, 4) is 17.0 Å². The van der Waals surface area contributed by atoms with Gasteiger partial charge in [0.25, 0.3) is 0 Å². The molecule has 1 heterocycles. The fourth-order valence-electron chi connectivity index (χ4n) is 3.14. The van der Waals surface area contributed by atoms with Crippen molar-refractivity contribution in [2.24, 2.45) is 5.10 Å². The predicted molar refractivity (Wildman–Crippen MR) is 125 cm³/mol. The highest BCUT2D eigenvalue weighted by atomic mass is 32.1. The van der Waals surface area contributed by atoms with Crippen LogP contribution in [-0.2, 0) is 6.61 Å². The minimum absolute atomic E-state index is 0.542. The summed E-state index contributed by atoms with van der Waals surface area (Å²) in [6.45, 7) is 4.75. The second-order valence-electron chi connectivity index (χ2n) is 7.07. The van der Waals surface area contributed by atoms with E-state index in [1.165, 1.54) is 11.1 Å². The average Bonchev–Trinajstić information content (AvgIpc) is 3.22. The summed E-state index contributed by atoms with van der Waals surface area (Å²) < 4.78 is 5.88. The topological polar surface area (TPSA) is 46.5 Å². The lowest BCUT2D eigenvalue weighted by molar-refractivity contribution is 0.306. The molecule has 0 aliphatic rings. The van der Waals surface area contributed by atoms with E-state index in [9.17, 15) is 0 Å². The number of nitrogens with one attached hydrogen (secondary N) is 1. The number of aryl methyl sites for hydroxylation is 2. The lowest BCUT2D eigenvalue weighted by atomic mass is 10.0. The normalized spacial score (nSPS) is 11.0. The van der Waals surface area contributed by atoms with Crippen LogP contribution < -0.4 is 10.2 Å². The zero-order chi connectivity index (χ0) is 20.8. The lowest BCUT2D eigenvalue weighted by Crippen LogP contribution is -1.96. The number of anilines is 1. The summed E-state index contributed by atoms with van der Waals surface area (Å²) in [5.74, 6) is 0.814. The van der Waals surface area contributed by atoms with Gasteiger partial charge in [-0.15, -0.1) is 11.3 Å². The smallest absolute Gasteiger partial charge is 0.203 e. The number of hydrogen-bond acceptors (Lipinski definition) is 5. The first-order chi connectivity index (χ1) is 14.7. The summed E-state index contributed by atoms with van der Waals surface area (Å²) >= 11 is 1.54. The molecule has 0 saturated heterocycles. The minimum atomic E-state index is 0.542. The van der Waals surface area contributed by atoms with Crippen LogP contribution in [0.3, 0.4) is 0 Å². The highest BCUT2D eigenvalue weighted by Crippen LogP contribution is 2.28. The molecule has 1 aromatic heterocycles. The van der Waals surface area contributed by atoms with Crippen molar-refractivity contribution in [2.75, 3.05) is 5.43 Å². The molecule has 0 amide bonds. The summed E-state index contributed by atoms with van der Waals surface area (Å²) in [5.41, 5.74) is 9.72. The van der Waals surface area contributed by atoms with Gasteiger partial charge >= 0.3 is 0 Å². The highest BCUT2D eigenvalue weighted by molar-refractivity contribution is 7.14. The summed E-state index contributed by atoms with van der Waals surface area (Å²) in [5, 5.41) is 7.14. The van der Waals surface area contributed by atoms with Crippen LogP contribution >= 0.6 is 11.3 Å². The van der Waals surface area contributed by atoms with Crippen molar-refractivity contribution < 1.29 is 4.74 Å². The van der Waals surface area contributed by atoms with Crippen LogP contribution in [0.4, 0.5) is 5.13 Å². The lowest BCUT2D eigenvalue weighted by Gasteiger charge is -2.06. The molecule has 0 fully saturated rings.